The van der Waals surface area contributed by atoms with E-state index < -0.39 is 0 Å². The third-order valence-corrected chi connectivity index (χ3v) is 4.30. The van der Waals surface area contributed by atoms with Gasteiger partial charge in [0.25, 0.3) is 0 Å². The maximum atomic E-state index is 11.1. The molecule has 0 atom stereocenters. The van der Waals surface area contributed by atoms with Crippen LogP contribution in [0.2, 0.25) is 5.02 Å². The SMILES string of the molecule is COC(=O)CCSc1c(Cl)cccc1CNCC(C)C. The Balaban J connectivity index is 2.60. The summed E-state index contributed by atoms with van der Waals surface area (Å²) in [6.45, 7) is 6.12. The number of carbonyl (C=O) groups excluding carboxylic acids is 1. The van der Waals surface area contributed by atoms with Crippen molar-refractivity contribution >= 4 is 29.3 Å². The first-order chi connectivity index (χ1) is 9.54. The van der Waals surface area contributed by atoms with Crippen molar-refractivity contribution in [3.8, 4) is 0 Å². The predicted octanol–water partition coefficient (Wildman–Crippen LogP) is 3.74. The quantitative estimate of drug-likeness (QED) is 0.586. The van der Waals surface area contributed by atoms with Gasteiger partial charge in [-0.25, -0.2) is 0 Å². The van der Waals surface area contributed by atoms with Crippen LogP contribution >= 0.6 is 23.4 Å². The van der Waals surface area contributed by atoms with Crippen molar-refractivity contribution in [2.75, 3.05) is 19.4 Å². The molecule has 0 saturated carbocycles. The summed E-state index contributed by atoms with van der Waals surface area (Å²) in [6, 6.07) is 5.91. The first kappa shape index (κ1) is 17.3. The number of nitrogens with one attached hydrogen (secondary N) is 1. The normalized spacial score (nSPS) is 10.8. The minimum Gasteiger partial charge on any atom is -0.469 e. The third-order valence-electron chi connectivity index (χ3n) is 2.70. The van der Waals surface area contributed by atoms with Gasteiger partial charge < -0.3 is 10.1 Å². The van der Waals surface area contributed by atoms with Crippen LogP contribution in [0.4, 0.5) is 0 Å². The van der Waals surface area contributed by atoms with Gasteiger partial charge in [0.2, 0.25) is 0 Å². The fraction of sp³-hybridized carbons (Fsp3) is 0.533. The van der Waals surface area contributed by atoms with Crippen molar-refractivity contribution < 1.29 is 9.53 Å². The lowest BCUT2D eigenvalue weighted by molar-refractivity contribution is -0.140. The zero-order valence-electron chi connectivity index (χ0n) is 12.2. The van der Waals surface area contributed by atoms with Crippen LogP contribution in [0.1, 0.15) is 25.8 Å². The molecule has 112 valence electrons. The maximum Gasteiger partial charge on any atom is 0.306 e. The fourth-order valence-corrected chi connectivity index (χ4v) is 3.05. The maximum absolute atomic E-state index is 11.1. The van der Waals surface area contributed by atoms with E-state index in [1.165, 1.54) is 12.7 Å². The van der Waals surface area contributed by atoms with Crippen molar-refractivity contribution in [3.63, 3.8) is 0 Å². The molecule has 0 unspecified atom stereocenters. The van der Waals surface area contributed by atoms with Gasteiger partial charge in [0.15, 0.2) is 0 Å². The molecule has 0 heterocycles. The Hall–Kier alpha value is -0.710. The molecule has 0 fully saturated rings. The molecule has 0 saturated heterocycles. The van der Waals surface area contributed by atoms with E-state index in [9.17, 15) is 4.79 Å². The Labute approximate surface area is 130 Å². The van der Waals surface area contributed by atoms with E-state index in [0.29, 0.717) is 18.1 Å². The topological polar surface area (TPSA) is 38.3 Å². The summed E-state index contributed by atoms with van der Waals surface area (Å²) < 4.78 is 4.64. The Morgan fingerprint density at radius 1 is 1.45 bits per heavy atom. The average Bonchev–Trinajstić information content (AvgIpc) is 2.41. The highest BCUT2D eigenvalue weighted by atomic mass is 35.5. The van der Waals surface area contributed by atoms with Gasteiger partial charge in [-0.15, -0.1) is 11.8 Å². The molecule has 0 aliphatic heterocycles. The molecule has 0 aromatic heterocycles. The Morgan fingerprint density at radius 3 is 2.85 bits per heavy atom. The molecule has 5 heteroatoms. The highest BCUT2D eigenvalue weighted by Crippen LogP contribution is 2.31. The molecule has 0 aliphatic carbocycles. The zero-order valence-corrected chi connectivity index (χ0v) is 13.8. The molecule has 1 N–H and O–H groups in total. The molecule has 0 bridgehead atoms. The van der Waals surface area contributed by atoms with Crippen LogP contribution in [0.15, 0.2) is 23.1 Å². The van der Waals surface area contributed by atoms with Crippen LogP contribution in [0.5, 0.6) is 0 Å². The first-order valence-electron chi connectivity index (χ1n) is 6.72. The molecule has 0 spiro atoms. The van der Waals surface area contributed by atoms with E-state index in [-0.39, 0.29) is 5.97 Å². The van der Waals surface area contributed by atoms with Crippen molar-refractivity contribution in [3.05, 3.63) is 28.8 Å². The second-order valence-electron chi connectivity index (χ2n) is 4.93. The smallest absolute Gasteiger partial charge is 0.306 e. The molecular weight excluding hydrogens is 294 g/mol. The molecule has 1 aromatic rings. The van der Waals surface area contributed by atoms with Crippen LogP contribution in [0.25, 0.3) is 0 Å². The fourth-order valence-electron chi connectivity index (χ4n) is 1.69. The van der Waals surface area contributed by atoms with Crippen LogP contribution in [0, 0.1) is 5.92 Å². The minimum atomic E-state index is -0.191. The van der Waals surface area contributed by atoms with E-state index >= 15 is 0 Å². The molecule has 1 rings (SSSR count). The summed E-state index contributed by atoms with van der Waals surface area (Å²) in [4.78, 5) is 12.2. The number of ether oxygens (including phenoxy) is 1. The largest absolute Gasteiger partial charge is 0.469 e. The van der Waals surface area contributed by atoms with Gasteiger partial charge >= 0.3 is 5.97 Å². The summed E-state index contributed by atoms with van der Waals surface area (Å²) in [7, 11) is 1.41. The summed E-state index contributed by atoms with van der Waals surface area (Å²) in [5.74, 6) is 1.10. The van der Waals surface area contributed by atoms with Gasteiger partial charge in [0.1, 0.15) is 0 Å². The van der Waals surface area contributed by atoms with Gasteiger partial charge in [-0.3, -0.25) is 4.79 Å². The summed E-state index contributed by atoms with van der Waals surface area (Å²) in [6.07, 6.45) is 0.394. The molecule has 0 aliphatic rings. The lowest BCUT2D eigenvalue weighted by Gasteiger charge is -2.13. The van der Waals surface area contributed by atoms with Crippen LogP contribution in [0.3, 0.4) is 0 Å². The van der Waals surface area contributed by atoms with Crippen molar-refractivity contribution in [1.82, 2.24) is 5.32 Å². The van der Waals surface area contributed by atoms with Gasteiger partial charge in [-0.1, -0.05) is 37.6 Å². The Morgan fingerprint density at radius 2 is 2.20 bits per heavy atom. The zero-order chi connectivity index (χ0) is 15.0. The number of methoxy groups -OCH3 is 1. The van der Waals surface area contributed by atoms with E-state index in [2.05, 4.69) is 30.0 Å². The lowest BCUT2D eigenvalue weighted by Crippen LogP contribution is -2.19. The number of esters is 1. The molecule has 1 aromatic carbocycles. The number of hydrogen-bond donors (Lipinski definition) is 1. The van der Waals surface area contributed by atoms with Crippen LogP contribution < -0.4 is 5.32 Å². The van der Waals surface area contributed by atoms with E-state index in [1.807, 2.05) is 12.1 Å². The standard InChI is InChI=1S/C15H22ClNO2S/c1-11(2)9-17-10-12-5-4-6-13(16)15(12)20-8-7-14(18)19-3/h4-6,11,17H,7-10H2,1-3H3. The van der Waals surface area contributed by atoms with Gasteiger partial charge in [-0.05, 0) is 24.1 Å². The molecule has 0 amide bonds. The second-order valence-corrected chi connectivity index (χ2v) is 6.44. The number of benzene rings is 1. The molecule has 0 radical (unpaired) electrons. The highest BCUT2D eigenvalue weighted by Gasteiger charge is 2.09. The highest BCUT2D eigenvalue weighted by molar-refractivity contribution is 7.99. The van der Waals surface area contributed by atoms with E-state index in [0.717, 1.165) is 23.0 Å². The second kappa shape index (κ2) is 9.27. The third kappa shape index (κ3) is 6.16. The van der Waals surface area contributed by atoms with E-state index in [4.69, 9.17) is 11.6 Å². The Bertz CT molecular complexity index is 438. The Kier molecular flexibility index (Phi) is 8.04. The first-order valence-corrected chi connectivity index (χ1v) is 8.08. The monoisotopic (exact) mass is 315 g/mol. The van der Waals surface area contributed by atoms with Crippen molar-refractivity contribution in [1.29, 1.82) is 0 Å². The average molecular weight is 316 g/mol. The number of halogens is 1. The van der Waals surface area contributed by atoms with Gasteiger partial charge in [0.05, 0.1) is 18.6 Å². The van der Waals surface area contributed by atoms with Crippen LogP contribution in [-0.4, -0.2) is 25.4 Å². The van der Waals surface area contributed by atoms with Crippen molar-refractivity contribution in [2.45, 2.75) is 31.7 Å². The summed E-state index contributed by atoms with van der Waals surface area (Å²) >= 11 is 7.86. The predicted molar refractivity (Wildman–Crippen MR) is 85.4 cm³/mol. The van der Waals surface area contributed by atoms with Gasteiger partial charge in [0, 0.05) is 17.2 Å². The van der Waals surface area contributed by atoms with E-state index in [1.54, 1.807) is 11.8 Å². The minimum absolute atomic E-state index is 0.191. The van der Waals surface area contributed by atoms with Crippen molar-refractivity contribution in [2.24, 2.45) is 5.92 Å². The summed E-state index contributed by atoms with van der Waals surface area (Å²) in [5, 5.41) is 4.16. The van der Waals surface area contributed by atoms with Gasteiger partial charge in [-0.2, -0.15) is 0 Å². The number of rotatable bonds is 8. The number of carbonyl (C=O) groups is 1. The molecule has 20 heavy (non-hydrogen) atoms. The molecular formula is C15H22ClNO2S. The van der Waals surface area contributed by atoms with Crippen LogP contribution in [-0.2, 0) is 16.1 Å². The summed E-state index contributed by atoms with van der Waals surface area (Å²) in [5.41, 5.74) is 1.17. The molecule has 3 nitrogen and oxygen atoms in total. The lowest BCUT2D eigenvalue weighted by atomic mass is 10.2. The number of thioether (sulfide) groups is 1. The number of hydrogen-bond acceptors (Lipinski definition) is 4.